The van der Waals surface area contributed by atoms with E-state index < -0.39 is 5.60 Å². The number of carbonyl (C=O) groups excluding carboxylic acids is 1. The standard InChI is InChI=1S/C28H32N2O3/c1-33-22-14-12-21(13-15-22)27-24-10-4-5-16-28(24,32)17-18-30(27)19-26(31)29-25-11-6-8-20-7-2-3-9-23(20)25/h2-3,6-9,11-15,24,27,32H,4-5,10,16-19H2,1H3,(H,29,31)/p+1/t24-,27-,28-/m1/s1. The molecule has 1 heterocycles. The molecular formula is C28H33N2O3+. The molecule has 3 aromatic rings. The zero-order valence-corrected chi connectivity index (χ0v) is 19.2. The van der Waals surface area contributed by atoms with Gasteiger partial charge in [0.05, 0.1) is 19.3 Å². The number of anilines is 1. The van der Waals surface area contributed by atoms with Gasteiger partial charge in [0.15, 0.2) is 6.54 Å². The van der Waals surface area contributed by atoms with Crippen molar-refractivity contribution in [1.29, 1.82) is 0 Å². The molecule has 5 heteroatoms. The predicted molar refractivity (Wildman–Crippen MR) is 131 cm³/mol. The highest BCUT2D eigenvalue weighted by atomic mass is 16.5. The molecule has 0 bridgehead atoms. The lowest BCUT2D eigenvalue weighted by molar-refractivity contribution is -0.937. The Hall–Kier alpha value is -2.89. The maximum absolute atomic E-state index is 13.2. The molecule has 2 aliphatic rings. The van der Waals surface area contributed by atoms with Crippen LogP contribution in [0.15, 0.2) is 66.7 Å². The van der Waals surface area contributed by atoms with Crippen LogP contribution >= 0.6 is 0 Å². The van der Waals surface area contributed by atoms with E-state index in [2.05, 4.69) is 29.6 Å². The molecule has 3 aromatic carbocycles. The average molecular weight is 446 g/mol. The van der Waals surface area contributed by atoms with Gasteiger partial charge in [-0.1, -0.05) is 49.2 Å². The fourth-order valence-electron chi connectivity index (χ4n) is 6.07. The summed E-state index contributed by atoms with van der Waals surface area (Å²) < 4.78 is 5.36. The highest BCUT2D eigenvalue weighted by Crippen LogP contribution is 2.44. The minimum atomic E-state index is -0.627. The normalized spacial score (nSPS) is 27.0. The quantitative estimate of drug-likeness (QED) is 0.561. The summed E-state index contributed by atoms with van der Waals surface area (Å²) in [7, 11) is 1.67. The van der Waals surface area contributed by atoms with E-state index in [0.717, 1.165) is 60.9 Å². The Kier molecular flexibility index (Phi) is 6.09. The number of carbonyl (C=O) groups is 1. The molecule has 1 unspecified atom stereocenters. The molecule has 172 valence electrons. The third-order valence-corrected chi connectivity index (χ3v) is 7.71. The van der Waals surface area contributed by atoms with Crippen LogP contribution in [0.2, 0.25) is 0 Å². The van der Waals surface area contributed by atoms with Crippen LogP contribution in [-0.4, -0.2) is 36.8 Å². The maximum atomic E-state index is 13.2. The van der Waals surface area contributed by atoms with E-state index in [-0.39, 0.29) is 17.9 Å². The minimum absolute atomic E-state index is 0.0149. The van der Waals surface area contributed by atoms with Gasteiger partial charge in [-0.05, 0) is 48.6 Å². The SMILES string of the molecule is COc1ccc([C@@H]2[C@H]3CCCC[C@@]3(O)CC[NH+]2CC(=O)Nc2cccc3ccccc23)cc1. The van der Waals surface area contributed by atoms with E-state index >= 15 is 0 Å². The molecule has 1 aliphatic heterocycles. The topological polar surface area (TPSA) is 63.0 Å². The molecule has 1 amide bonds. The number of likely N-dealkylation sites (tertiary alicyclic amines) is 1. The van der Waals surface area contributed by atoms with E-state index in [1.165, 1.54) is 10.5 Å². The van der Waals surface area contributed by atoms with Gasteiger partial charge in [-0.2, -0.15) is 0 Å². The molecule has 2 fully saturated rings. The fraction of sp³-hybridized carbons (Fsp3) is 0.393. The first-order valence-electron chi connectivity index (χ1n) is 12.1. The first-order valence-corrected chi connectivity index (χ1v) is 12.1. The first-order chi connectivity index (χ1) is 16.1. The van der Waals surface area contributed by atoms with Crippen LogP contribution in [0.5, 0.6) is 5.75 Å². The molecule has 5 rings (SSSR count). The van der Waals surface area contributed by atoms with Crippen molar-refractivity contribution in [3.05, 3.63) is 72.3 Å². The number of hydrogen-bond donors (Lipinski definition) is 3. The highest BCUT2D eigenvalue weighted by Gasteiger charge is 2.51. The van der Waals surface area contributed by atoms with Crippen LogP contribution in [0.1, 0.15) is 43.7 Å². The molecule has 0 radical (unpaired) electrons. The Morgan fingerprint density at radius 1 is 1.06 bits per heavy atom. The van der Waals surface area contributed by atoms with Crippen LogP contribution in [-0.2, 0) is 4.79 Å². The molecular weight excluding hydrogens is 412 g/mol. The Labute approximate surface area is 195 Å². The van der Waals surface area contributed by atoms with E-state index in [9.17, 15) is 9.90 Å². The number of benzene rings is 3. The highest BCUT2D eigenvalue weighted by molar-refractivity contribution is 6.02. The van der Waals surface area contributed by atoms with E-state index in [1.54, 1.807) is 7.11 Å². The van der Waals surface area contributed by atoms with Crippen molar-refractivity contribution in [3.63, 3.8) is 0 Å². The van der Waals surface area contributed by atoms with Gasteiger partial charge >= 0.3 is 0 Å². The monoisotopic (exact) mass is 445 g/mol. The van der Waals surface area contributed by atoms with Crippen molar-refractivity contribution in [2.24, 2.45) is 5.92 Å². The van der Waals surface area contributed by atoms with Gasteiger partial charge < -0.3 is 20.1 Å². The van der Waals surface area contributed by atoms with Crippen LogP contribution < -0.4 is 15.0 Å². The number of rotatable bonds is 5. The van der Waals surface area contributed by atoms with Crippen molar-refractivity contribution in [3.8, 4) is 5.75 Å². The van der Waals surface area contributed by atoms with Gasteiger partial charge in [0, 0.05) is 29.0 Å². The Balaban J connectivity index is 1.40. The zero-order chi connectivity index (χ0) is 22.8. The summed E-state index contributed by atoms with van der Waals surface area (Å²) in [6.07, 6.45) is 4.83. The van der Waals surface area contributed by atoms with Crippen molar-refractivity contribution in [1.82, 2.24) is 0 Å². The fourth-order valence-corrected chi connectivity index (χ4v) is 6.07. The van der Waals surface area contributed by atoms with Gasteiger partial charge in [-0.15, -0.1) is 0 Å². The molecule has 1 aliphatic carbocycles. The second kappa shape index (κ2) is 9.16. The van der Waals surface area contributed by atoms with Gasteiger partial charge in [-0.3, -0.25) is 4.79 Å². The van der Waals surface area contributed by atoms with Gasteiger partial charge in [-0.25, -0.2) is 0 Å². The van der Waals surface area contributed by atoms with Crippen LogP contribution in [0.4, 0.5) is 5.69 Å². The summed E-state index contributed by atoms with van der Waals surface area (Å²) in [6, 6.07) is 22.4. The van der Waals surface area contributed by atoms with Crippen molar-refractivity contribution < 1.29 is 19.5 Å². The minimum Gasteiger partial charge on any atom is -0.497 e. The summed E-state index contributed by atoms with van der Waals surface area (Å²) in [4.78, 5) is 14.5. The van der Waals surface area contributed by atoms with Gasteiger partial charge in [0.25, 0.3) is 5.91 Å². The number of nitrogens with one attached hydrogen (secondary N) is 2. The van der Waals surface area contributed by atoms with E-state index in [0.29, 0.717) is 6.54 Å². The lowest BCUT2D eigenvalue weighted by atomic mass is 9.66. The zero-order valence-electron chi connectivity index (χ0n) is 19.2. The Morgan fingerprint density at radius 3 is 2.67 bits per heavy atom. The lowest BCUT2D eigenvalue weighted by Crippen LogP contribution is -3.16. The van der Waals surface area contributed by atoms with Crippen LogP contribution in [0.3, 0.4) is 0 Å². The number of hydrogen-bond acceptors (Lipinski definition) is 3. The summed E-state index contributed by atoms with van der Waals surface area (Å²) in [5, 5.41) is 16.8. The second-order valence-electron chi connectivity index (χ2n) is 9.62. The molecule has 1 saturated carbocycles. The van der Waals surface area contributed by atoms with Crippen LogP contribution in [0, 0.1) is 5.92 Å². The van der Waals surface area contributed by atoms with Crippen LogP contribution in [0.25, 0.3) is 10.8 Å². The smallest absolute Gasteiger partial charge is 0.279 e. The Bertz CT molecular complexity index is 1120. The molecule has 33 heavy (non-hydrogen) atoms. The summed E-state index contributed by atoms with van der Waals surface area (Å²) in [6.45, 7) is 1.17. The van der Waals surface area contributed by atoms with Crippen molar-refractivity contribution in [2.45, 2.75) is 43.7 Å². The number of ether oxygens (including phenoxy) is 1. The van der Waals surface area contributed by atoms with E-state index in [4.69, 9.17) is 4.74 Å². The number of fused-ring (bicyclic) bond motifs is 2. The lowest BCUT2D eigenvalue weighted by Gasteiger charge is -2.50. The molecule has 0 spiro atoms. The second-order valence-corrected chi connectivity index (χ2v) is 9.62. The summed E-state index contributed by atoms with van der Waals surface area (Å²) in [5.74, 6) is 0.999. The summed E-state index contributed by atoms with van der Waals surface area (Å²) in [5.41, 5.74) is 1.40. The number of amides is 1. The number of aliphatic hydroxyl groups is 1. The molecule has 4 atom stereocenters. The molecule has 0 aromatic heterocycles. The molecule has 1 saturated heterocycles. The third kappa shape index (κ3) is 4.35. The van der Waals surface area contributed by atoms with Crippen molar-refractivity contribution >= 4 is 22.4 Å². The third-order valence-electron chi connectivity index (χ3n) is 7.71. The summed E-state index contributed by atoms with van der Waals surface area (Å²) >= 11 is 0. The number of methoxy groups -OCH3 is 1. The van der Waals surface area contributed by atoms with Gasteiger partial charge in [0.2, 0.25) is 0 Å². The van der Waals surface area contributed by atoms with E-state index in [1.807, 2.05) is 42.5 Å². The number of quaternary nitrogens is 1. The molecule has 5 nitrogen and oxygen atoms in total. The maximum Gasteiger partial charge on any atom is 0.279 e. The molecule has 3 N–H and O–H groups in total. The van der Waals surface area contributed by atoms with Crippen molar-refractivity contribution in [2.75, 3.05) is 25.5 Å². The van der Waals surface area contributed by atoms with Gasteiger partial charge in [0.1, 0.15) is 11.8 Å². The predicted octanol–water partition coefficient (Wildman–Crippen LogP) is 3.74. The number of piperidine rings is 1. The Morgan fingerprint density at radius 2 is 1.85 bits per heavy atom. The average Bonchev–Trinajstić information content (AvgIpc) is 2.84. The first kappa shape index (κ1) is 21.9. The largest absolute Gasteiger partial charge is 0.497 e.